The zero-order valence-corrected chi connectivity index (χ0v) is 20.9. The number of aromatic nitrogens is 1. The SMILES string of the molecule is Cc1c(CN2CCN(C(=O)C3CCCO3)CC2)cc(-c2ccc(Cl)cc2)n1-c1ccc(Cl)cc1. The number of hydrogen-bond acceptors (Lipinski definition) is 3. The van der Waals surface area contributed by atoms with Crippen molar-refractivity contribution < 1.29 is 9.53 Å². The smallest absolute Gasteiger partial charge is 0.251 e. The minimum Gasteiger partial charge on any atom is -0.368 e. The van der Waals surface area contributed by atoms with Gasteiger partial charge in [-0.1, -0.05) is 35.3 Å². The Kier molecular flexibility index (Phi) is 6.98. The van der Waals surface area contributed by atoms with Crippen molar-refractivity contribution in [2.75, 3.05) is 32.8 Å². The Morgan fingerprint density at radius 1 is 0.971 bits per heavy atom. The third kappa shape index (κ3) is 4.89. The van der Waals surface area contributed by atoms with Crippen molar-refractivity contribution in [3.05, 3.63) is 75.9 Å². The summed E-state index contributed by atoms with van der Waals surface area (Å²) in [4.78, 5) is 17.1. The lowest BCUT2D eigenvalue weighted by molar-refractivity contribution is -0.142. The third-order valence-electron chi connectivity index (χ3n) is 6.86. The van der Waals surface area contributed by atoms with Crippen molar-refractivity contribution in [3.8, 4) is 16.9 Å². The monoisotopic (exact) mass is 497 g/mol. The number of carbonyl (C=O) groups excluding carboxylic acids is 1. The van der Waals surface area contributed by atoms with Crippen LogP contribution in [0.3, 0.4) is 0 Å². The molecule has 1 aromatic heterocycles. The molecule has 0 N–H and O–H groups in total. The van der Waals surface area contributed by atoms with Crippen LogP contribution in [0.1, 0.15) is 24.1 Å². The lowest BCUT2D eigenvalue weighted by Crippen LogP contribution is -2.51. The van der Waals surface area contributed by atoms with Crippen molar-refractivity contribution in [3.63, 3.8) is 0 Å². The molecule has 2 aliphatic heterocycles. The second-order valence-corrected chi connectivity index (χ2v) is 9.93. The summed E-state index contributed by atoms with van der Waals surface area (Å²) in [7, 11) is 0. The van der Waals surface area contributed by atoms with Crippen LogP contribution >= 0.6 is 23.2 Å². The van der Waals surface area contributed by atoms with E-state index in [1.165, 1.54) is 11.3 Å². The lowest BCUT2D eigenvalue weighted by Gasteiger charge is -2.35. The maximum atomic E-state index is 12.7. The van der Waals surface area contributed by atoms with Crippen molar-refractivity contribution in [2.45, 2.75) is 32.4 Å². The van der Waals surface area contributed by atoms with Gasteiger partial charge < -0.3 is 14.2 Å². The number of rotatable bonds is 5. The summed E-state index contributed by atoms with van der Waals surface area (Å²) in [6.45, 7) is 6.94. The Bertz CT molecular complexity index is 1140. The number of piperazine rings is 1. The average Bonchev–Trinajstić information content (AvgIpc) is 3.49. The number of ether oxygens (including phenoxy) is 1. The van der Waals surface area contributed by atoms with Crippen LogP contribution in [-0.4, -0.2) is 59.2 Å². The number of halogens is 2. The van der Waals surface area contributed by atoms with Gasteiger partial charge in [-0.25, -0.2) is 0 Å². The van der Waals surface area contributed by atoms with Crippen molar-refractivity contribution in [2.24, 2.45) is 0 Å². The second kappa shape index (κ2) is 10.1. The van der Waals surface area contributed by atoms with Crippen LogP contribution in [0.25, 0.3) is 16.9 Å². The van der Waals surface area contributed by atoms with Gasteiger partial charge in [0.2, 0.25) is 0 Å². The van der Waals surface area contributed by atoms with E-state index < -0.39 is 0 Å². The van der Waals surface area contributed by atoms with Gasteiger partial charge in [-0.05, 0) is 73.4 Å². The number of nitrogens with zero attached hydrogens (tertiary/aromatic N) is 3. The molecule has 3 heterocycles. The first kappa shape index (κ1) is 23.4. The van der Waals surface area contributed by atoms with Crippen LogP contribution in [0.5, 0.6) is 0 Å². The molecular formula is C27H29Cl2N3O2. The lowest BCUT2D eigenvalue weighted by atomic mass is 10.1. The van der Waals surface area contributed by atoms with Gasteiger partial charge in [0.05, 0.1) is 5.69 Å². The van der Waals surface area contributed by atoms with Gasteiger partial charge >= 0.3 is 0 Å². The molecule has 178 valence electrons. The first-order chi connectivity index (χ1) is 16.5. The Labute approximate surface area is 210 Å². The van der Waals surface area contributed by atoms with Crippen LogP contribution in [0.15, 0.2) is 54.6 Å². The fourth-order valence-electron chi connectivity index (χ4n) is 4.92. The van der Waals surface area contributed by atoms with Crippen LogP contribution in [0, 0.1) is 6.92 Å². The molecule has 3 aromatic rings. The molecule has 2 aliphatic rings. The Balaban J connectivity index is 1.37. The number of benzene rings is 2. The van der Waals surface area contributed by atoms with E-state index in [1.807, 2.05) is 41.3 Å². The highest BCUT2D eigenvalue weighted by Gasteiger charge is 2.30. The molecule has 1 unspecified atom stereocenters. The molecule has 1 atom stereocenters. The van der Waals surface area contributed by atoms with Crippen molar-refractivity contribution in [1.29, 1.82) is 0 Å². The van der Waals surface area contributed by atoms with E-state index in [1.54, 1.807) is 0 Å². The fourth-order valence-corrected chi connectivity index (χ4v) is 5.17. The fraction of sp³-hybridized carbons (Fsp3) is 0.370. The molecule has 0 radical (unpaired) electrons. The van der Waals surface area contributed by atoms with Crippen LogP contribution in [-0.2, 0) is 16.1 Å². The third-order valence-corrected chi connectivity index (χ3v) is 7.36. The summed E-state index contributed by atoms with van der Waals surface area (Å²) in [6.07, 6.45) is 1.60. The van der Waals surface area contributed by atoms with E-state index in [-0.39, 0.29) is 12.0 Å². The normalized spacial score (nSPS) is 19.0. The zero-order chi connectivity index (χ0) is 23.7. The largest absolute Gasteiger partial charge is 0.368 e. The Morgan fingerprint density at radius 3 is 2.24 bits per heavy atom. The molecule has 0 spiro atoms. The topological polar surface area (TPSA) is 37.7 Å². The highest BCUT2D eigenvalue weighted by atomic mass is 35.5. The van der Waals surface area contributed by atoms with E-state index in [0.29, 0.717) is 6.61 Å². The maximum Gasteiger partial charge on any atom is 0.251 e. The Hall–Kier alpha value is -2.31. The molecule has 2 saturated heterocycles. The van der Waals surface area contributed by atoms with E-state index in [4.69, 9.17) is 27.9 Å². The molecule has 0 saturated carbocycles. The summed E-state index contributed by atoms with van der Waals surface area (Å²) in [6, 6.07) is 18.2. The van der Waals surface area contributed by atoms with Gasteiger partial charge in [-0.3, -0.25) is 9.69 Å². The first-order valence-corrected chi connectivity index (χ1v) is 12.6. The van der Waals surface area contributed by atoms with Gasteiger partial charge in [0.25, 0.3) is 5.91 Å². The number of hydrogen-bond donors (Lipinski definition) is 0. The van der Waals surface area contributed by atoms with E-state index in [2.05, 4.69) is 34.6 Å². The molecule has 2 fully saturated rings. The number of amides is 1. The van der Waals surface area contributed by atoms with Gasteiger partial charge in [0.15, 0.2) is 0 Å². The van der Waals surface area contributed by atoms with E-state index in [0.717, 1.165) is 72.6 Å². The number of carbonyl (C=O) groups is 1. The summed E-state index contributed by atoms with van der Waals surface area (Å²) < 4.78 is 7.88. The summed E-state index contributed by atoms with van der Waals surface area (Å²) in [5.41, 5.74) is 5.79. The maximum absolute atomic E-state index is 12.7. The average molecular weight is 498 g/mol. The highest BCUT2D eigenvalue weighted by molar-refractivity contribution is 6.30. The summed E-state index contributed by atoms with van der Waals surface area (Å²) in [5, 5.41) is 1.44. The molecular weight excluding hydrogens is 469 g/mol. The van der Waals surface area contributed by atoms with Gasteiger partial charge in [-0.15, -0.1) is 0 Å². The molecule has 1 amide bonds. The minimum absolute atomic E-state index is 0.159. The zero-order valence-electron chi connectivity index (χ0n) is 19.3. The molecule has 5 nitrogen and oxygen atoms in total. The highest BCUT2D eigenvalue weighted by Crippen LogP contribution is 2.31. The standard InChI is InChI=1S/C27H29Cl2N3O2/c1-19-21(18-30-12-14-31(15-13-30)27(33)26-3-2-16-34-26)17-25(20-4-6-22(28)7-5-20)32(19)24-10-8-23(29)9-11-24/h4-11,17,26H,2-3,12-16,18H2,1H3. The molecule has 2 aromatic carbocycles. The quantitative estimate of drug-likeness (QED) is 0.461. The van der Waals surface area contributed by atoms with E-state index in [9.17, 15) is 4.79 Å². The van der Waals surface area contributed by atoms with E-state index >= 15 is 0 Å². The predicted molar refractivity (Wildman–Crippen MR) is 137 cm³/mol. The van der Waals surface area contributed by atoms with Crippen LogP contribution in [0.4, 0.5) is 0 Å². The van der Waals surface area contributed by atoms with Gasteiger partial charge in [-0.2, -0.15) is 0 Å². The molecule has 5 rings (SSSR count). The summed E-state index contributed by atoms with van der Waals surface area (Å²) >= 11 is 12.3. The van der Waals surface area contributed by atoms with Gasteiger partial charge in [0.1, 0.15) is 6.10 Å². The van der Waals surface area contributed by atoms with Gasteiger partial charge in [0, 0.05) is 60.8 Å². The van der Waals surface area contributed by atoms with Crippen LogP contribution < -0.4 is 0 Å². The molecule has 0 bridgehead atoms. The Morgan fingerprint density at radius 2 is 1.62 bits per heavy atom. The molecule has 7 heteroatoms. The van der Waals surface area contributed by atoms with Crippen LogP contribution in [0.2, 0.25) is 10.0 Å². The second-order valence-electron chi connectivity index (χ2n) is 9.06. The van der Waals surface area contributed by atoms with Crippen molar-refractivity contribution >= 4 is 29.1 Å². The molecule has 0 aliphatic carbocycles. The van der Waals surface area contributed by atoms with Crippen molar-refractivity contribution in [1.82, 2.24) is 14.4 Å². The first-order valence-electron chi connectivity index (χ1n) is 11.9. The summed E-state index contributed by atoms with van der Waals surface area (Å²) in [5.74, 6) is 0.159. The minimum atomic E-state index is -0.232. The molecule has 34 heavy (non-hydrogen) atoms. The predicted octanol–water partition coefficient (Wildman–Crippen LogP) is 5.58.